The van der Waals surface area contributed by atoms with E-state index >= 15 is 0 Å². The number of carbonyl (C=O) groups is 3. The van der Waals surface area contributed by atoms with Gasteiger partial charge in [-0.1, -0.05) is 161 Å². The van der Waals surface area contributed by atoms with E-state index < -0.39 is 6.10 Å². The van der Waals surface area contributed by atoms with E-state index in [1.165, 1.54) is 77.0 Å². The van der Waals surface area contributed by atoms with E-state index in [0.717, 1.165) is 83.0 Å². The minimum Gasteiger partial charge on any atom is -0.463 e. The smallest absolute Gasteiger partial charge is 0.305 e. The number of ether oxygens (including phenoxy) is 2. The van der Waals surface area contributed by atoms with Crippen LogP contribution in [0, 0.1) is 5.92 Å². The summed E-state index contributed by atoms with van der Waals surface area (Å²) >= 11 is 0. The van der Waals surface area contributed by atoms with Crippen LogP contribution in [0.15, 0.2) is 24.3 Å². The molecule has 0 saturated heterocycles. The van der Waals surface area contributed by atoms with Gasteiger partial charge in [-0.2, -0.15) is 0 Å². The molecule has 0 spiro atoms. The van der Waals surface area contributed by atoms with Gasteiger partial charge in [0.25, 0.3) is 0 Å². The van der Waals surface area contributed by atoms with Gasteiger partial charge in [0.05, 0.1) is 0 Å². The van der Waals surface area contributed by atoms with Gasteiger partial charge in [-0.15, -0.1) is 0 Å². The van der Waals surface area contributed by atoms with Crippen LogP contribution in [0.5, 0.6) is 0 Å². The molecule has 0 aliphatic carbocycles. The van der Waals surface area contributed by atoms with Crippen LogP contribution in [0.3, 0.4) is 0 Å². The maximum absolute atomic E-state index is 12.0. The molecule has 0 radical (unpaired) electrons. The van der Waals surface area contributed by atoms with E-state index in [9.17, 15) is 19.5 Å². The molecule has 0 aromatic carbocycles. The average molecular weight is 663 g/mol. The normalized spacial score (nSPS) is 12.4. The zero-order valence-corrected chi connectivity index (χ0v) is 31.0. The van der Waals surface area contributed by atoms with Gasteiger partial charge < -0.3 is 14.6 Å². The third-order valence-electron chi connectivity index (χ3n) is 8.59. The lowest BCUT2D eigenvalue weighted by molar-refractivity contribution is -0.152. The summed E-state index contributed by atoms with van der Waals surface area (Å²) in [6.07, 6.45) is 36.4. The number of hydrogen-bond acceptors (Lipinski definition) is 6. The molecule has 0 bridgehead atoms. The maximum atomic E-state index is 12.0. The average Bonchev–Trinajstić information content (AvgIpc) is 3.05. The summed E-state index contributed by atoms with van der Waals surface area (Å²) in [4.78, 5) is 35.6. The molecule has 0 saturated carbocycles. The molecule has 0 unspecified atom stereocenters. The molecule has 0 aliphatic rings. The molecule has 0 aliphatic heterocycles. The first kappa shape index (κ1) is 45.0. The summed E-state index contributed by atoms with van der Waals surface area (Å²) in [7, 11) is 0. The lowest BCUT2D eigenvalue weighted by Crippen LogP contribution is -2.25. The first-order valence-electron chi connectivity index (χ1n) is 19.7. The van der Waals surface area contributed by atoms with Crippen LogP contribution in [-0.4, -0.2) is 42.1 Å². The van der Waals surface area contributed by atoms with Crippen LogP contribution in [0.4, 0.5) is 0 Å². The van der Waals surface area contributed by atoms with E-state index in [4.69, 9.17) is 9.47 Å². The largest absolute Gasteiger partial charge is 0.463 e. The van der Waals surface area contributed by atoms with E-state index in [1.807, 2.05) is 12.2 Å². The number of ketones is 1. The maximum Gasteiger partial charge on any atom is 0.305 e. The second-order valence-corrected chi connectivity index (χ2v) is 13.9. The number of esters is 2. The Balaban J connectivity index is 3.48. The molecular formula is C41H74O6. The number of allylic oxidation sites excluding steroid dienone is 4. The van der Waals surface area contributed by atoms with E-state index in [-0.39, 0.29) is 30.9 Å². The van der Waals surface area contributed by atoms with Crippen LogP contribution in [-0.2, 0) is 23.9 Å². The highest BCUT2D eigenvalue weighted by Crippen LogP contribution is 2.15. The van der Waals surface area contributed by atoms with E-state index in [2.05, 4.69) is 26.8 Å². The summed E-state index contributed by atoms with van der Waals surface area (Å²) in [5, 5.41) is 10.0. The summed E-state index contributed by atoms with van der Waals surface area (Å²) in [6.45, 7) is 6.48. The first-order valence-corrected chi connectivity index (χ1v) is 19.7. The second-order valence-electron chi connectivity index (χ2n) is 13.9. The molecule has 6 nitrogen and oxygen atoms in total. The Kier molecular flexibility index (Phi) is 33.9. The molecule has 1 atom stereocenters. The van der Waals surface area contributed by atoms with Gasteiger partial charge in [-0.3, -0.25) is 14.4 Å². The molecular weight excluding hydrogens is 588 g/mol. The minimum atomic E-state index is -0.986. The van der Waals surface area contributed by atoms with Gasteiger partial charge in [-0.05, 0) is 44.1 Å². The highest BCUT2D eigenvalue weighted by atomic mass is 16.6. The molecule has 6 heteroatoms. The van der Waals surface area contributed by atoms with Gasteiger partial charge in [0.1, 0.15) is 19.3 Å². The molecule has 0 rings (SSSR count). The number of rotatable bonds is 35. The molecule has 0 aromatic heterocycles. The molecule has 47 heavy (non-hydrogen) atoms. The van der Waals surface area contributed by atoms with Gasteiger partial charge in [0.15, 0.2) is 5.78 Å². The molecule has 0 fully saturated rings. The van der Waals surface area contributed by atoms with Crippen LogP contribution in [0.2, 0.25) is 0 Å². The number of unbranched alkanes of at least 4 members (excludes halogenated alkanes) is 20. The lowest BCUT2D eigenvalue weighted by atomic mass is 10.0. The van der Waals surface area contributed by atoms with Gasteiger partial charge in [-0.25, -0.2) is 0 Å². The Morgan fingerprint density at radius 2 is 0.979 bits per heavy atom. The zero-order valence-electron chi connectivity index (χ0n) is 31.0. The Hall–Kier alpha value is -1.95. The third-order valence-corrected chi connectivity index (χ3v) is 8.59. The zero-order chi connectivity index (χ0) is 34.6. The molecule has 274 valence electrons. The van der Waals surface area contributed by atoms with Crippen molar-refractivity contribution < 1.29 is 29.0 Å². The first-order chi connectivity index (χ1) is 22.8. The van der Waals surface area contributed by atoms with Crippen molar-refractivity contribution in [3.05, 3.63) is 24.3 Å². The summed E-state index contributed by atoms with van der Waals surface area (Å²) in [5.74, 6) is 0.427. The van der Waals surface area contributed by atoms with Gasteiger partial charge >= 0.3 is 11.9 Å². The minimum absolute atomic E-state index is 0.135. The number of aliphatic hydroxyl groups excluding tert-OH is 1. The fraction of sp³-hybridized carbons (Fsp3) is 0.829. The predicted octanol–water partition coefficient (Wildman–Crippen LogP) is 11.3. The number of carbonyl (C=O) groups excluding carboxylic acids is 3. The quantitative estimate of drug-likeness (QED) is 0.0314. The van der Waals surface area contributed by atoms with Crippen molar-refractivity contribution in [3.63, 3.8) is 0 Å². The molecule has 0 heterocycles. The van der Waals surface area contributed by atoms with Crippen molar-refractivity contribution in [2.24, 2.45) is 5.92 Å². The summed E-state index contributed by atoms with van der Waals surface area (Å²) in [5.41, 5.74) is 0. The highest BCUT2D eigenvalue weighted by molar-refractivity contribution is 5.89. The van der Waals surface area contributed by atoms with Gasteiger partial charge in [0, 0.05) is 19.3 Å². The summed E-state index contributed by atoms with van der Waals surface area (Å²) in [6, 6.07) is 0. The van der Waals surface area contributed by atoms with Crippen LogP contribution >= 0.6 is 0 Å². The summed E-state index contributed by atoms with van der Waals surface area (Å²) < 4.78 is 10.3. The molecule has 0 amide bonds. The lowest BCUT2D eigenvalue weighted by Gasteiger charge is -2.12. The predicted molar refractivity (Wildman–Crippen MR) is 196 cm³/mol. The third kappa shape index (κ3) is 36.7. The molecule has 0 aromatic rings. The Morgan fingerprint density at radius 3 is 1.45 bits per heavy atom. The van der Waals surface area contributed by atoms with Crippen LogP contribution in [0.1, 0.15) is 194 Å². The van der Waals surface area contributed by atoms with Crippen molar-refractivity contribution in [2.45, 2.75) is 200 Å². The monoisotopic (exact) mass is 663 g/mol. The van der Waals surface area contributed by atoms with Crippen molar-refractivity contribution in [1.82, 2.24) is 0 Å². The Bertz CT molecular complexity index is 787. The fourth-order valence-corrected chi connectivity index (χ4v) is 5.55. The number of hydrogen-bond donors (Lipinski definition) is 1. The topological polar surface area (TPSA) is 89.9 Å². The highest BCUT2D eigenvalue weighted by Gasteiger charge is 2.12. The standard InChI is InChI=1S/C41H74O6/c1-4-5-25-31-38(42)32-27-22-18-14-12-16-20-24-29-34-41(45)47-36-39(43)35-46-40(44)33-28-23-19-15-11-9-7-6-8-10-13-17-21-26-30-37(2)3/h18,22,27,32,37,39,43H,4-17,19-21,23-26,28-31,33-36H2,1-3H3/b22-18-,32-27+/t39-/m0/s1. The number of aliphatic hydroxyl groups is 1. The van der Waals surface area contributed by atoms with Crippen molar-refractivity contribution in [3.8, 4) is 0 Å². The Labute approximate surface area is 289 Å². The van der Waals surface area contributed by atoms with Crippen LogP contribution in [0.25, 0.3) is 0 Å². The molecule has 1 N–H and O–H groups in total. The van der Waals surface area contributed by atoms with Crippen molar-refractivity contribution in [2.75, 3.05) is 13.2 Å². The SMILES string of the molecule is CCCCCC(=O)/C=C/C=C\CCCCCCCC(=O)OC[C@@H](O)COC(=O)CCCCCCCCCCCCCCCCC(C)C. The van der Waals surface area contributed by atoms with Crippen molar-refractivity contribution in [1.29, 1.82) is 0 Å². The van der Waals surface area contributed by atoms with Gasteiger partial charge in [0.2, 0.25) is 0 Å². The van der Waals surface area contributed by atoms with E-state index in [1.54, 1.807) is 6.08 Å². The van der Waals surface area contributed by atoms with E-state index in [0.29, 0.717) is 19.3 Å². The fourth-order valence-electron chi connectivity index (χ4n) is 5.55. The second kappa shape index (κ2) is 35.4. The van der Waals surface area contributed by atoms with Crippen LogP contribution < -0.4 is 0 Å². The van der Waals surface area contributed by atoms with Crippen molar-refractivity contribution >= 4 is 17.7 Å². The Morgan fingerprint density at radius 1 is 0.553 bits per heavy atom.